The Hall–Kier alpha value is -2.25. The summed E-state index contributed by atoms with van der Waals surface area (Å²) in [6.45, 7) is 0.953. The van der Waals surface area contributed by atoms with Crippen LogP contribution in [0.5, 0.6) is 0 Å². The molecular weight excluding hydrogens is 272 g/mol. The molecule has 0 saturated carbocycles. The van der Waals surface area contributed by atoms with Crippen LogP contribution in [0.1, 0.15) is 5.56 Å². The Bertz CT molecular complexity index is 576. The van der Waals surface area contributed by atoms with Crippen LogP contribution in [0.3, 0.4) is 0 Å². The number of azide groups is 1. The molecule has 1 heterocycles. The lowest BCUT2D eigenvalue weighted by atomic mass is 10.1. The predicted molar refractivity (Wildman–Crippen MR) is 67.1 cm³/mol. The van der Waals surface area contributed by atoms with Crippen molar-refractivity contribution in [2.24, 2.45) is 9.04 Å². The van der Waals surface area contributed by atoms with Gasteiger partial charge >= 0.3 is 10.2 Å². The van der Waals surface area contributed by atoms with Gasteiger partial charge in [-0.15, -0.1) is 0 Å². The van der Waals surface area contributed by atoms with Gasteiger partial charge in [0.25, 0.3) is 0 Å². The monoisotopic (exact) mass is 282 g/mol. The maximum Gasteiger partial charge on any atom is 0.321 e. The highest BCUT2D eigenvalue weighted by atomic mass is 32.2. The van der Waals surface area contributed by atoms with Crippen LogP contribution in [0.25, 0.3) is 20.9 Å². The van der Waals surface area contributed by atoms with Crippen molar-refractivity contribution in [2.75, 3.05) is 6.61 Å². The summed E-state index contributed by atoms with van der Waals surface area (Å²) < 4.78 is 29.4. The fourth-order valence-electron chi connectivity index (χ4n) is 1.17. The number of epoxide rings is 1. The highest BCUT2D eigenvalue weighted by Gasteiger charge is 2.21. The van der Waals surface area contributed by atoms with Gasteiger partial charge in [-0.2, -0.15) is 0 Å². The first-order valence-corrected chi connectivity index (χ1v) is 6.50. The molecule has 0 aromatic heterocycles. The summed E-state index contributed by atoms with van der Waals surface area (Å²) in [4.78, 5) is 3.80. The topological polar surface area (TPSA) is 144 Å². The molecule has 1 atom stereocenters. The van der Waals surface area contributed by atoms with Gasteiger partial charge in [0.2, 0.25) is 0 Å². The lowest BCUT2D eigenvalue weighted by molar-refractivity contribution is 0.407. The second-order valence-electron chi connectivity index (χ2n) is 3.44. The maximum atomic E-state index is 9.99. The van der Waals surface area contributed by atoms with E-state index in [-0.39, 0.29) is 0 Å². The number of hydrogen-bond acceptors (Lipinski definition) is 3. The van der Waals surface area contributed by atoms with Crippen LogP contribution in [0.15, 0.2) is 39.4 Å². The van der Waals surface area contributed by atoms with Crippen molar-refractivity contribution in [2.45, 2.75) is 12.5 Å². The number of nitrogens with zero attached hydrogens (tertiary/aromatic N) is 6. The van der Waals surface area contributed by atoms with Crippen LogP contribution in [-0.4, -0.2) is 21.1 Å². The second kappa shape index (κ2) is 7.24. The first-order chi connectivity index (χ1) is 9.07. The molecule has 2 rings (SSSR count). The van der Waals surface area contributed by atoms with E-state index in [1.165, 1.54) is 5.56 Å². The van der Waals surface area contributed by atoms with Gasteiger partial charge in [0, 0.05) is 25.3 Å². The molecule has 1 saturated heterocycles. The third-order valence-corrected chi connectivity index (χ3v) is 2.55. The highest BCUT2D eigenvalue weighted by molar-refractivity contribution is 7.88. The number of ether oxygens (including phenoxy) is 1. The molecule has 9 nitrogen and oxygen atoms in total. The fourth-order valence-corrected chi connectivity index (χ4v) is 1.39. The van der Waals surface area contributed by atoms with Gasteiger partial charge in [-0.3, -0.25) is 0 Å². The van der Waals surface area contributed by atoms with Crippen LogP contribution in [-0.2, 0) is 21.4 Å². The van der Waals surface area contributed by atoms with E-state index in [4.69, 9.17) is 15.8 Å². The molecule has 1 aliphatic rings. The van der Waals surface area contributed by atoms with E-state index >= 15 is 0 Å². The second-order valence-corrected chi connectivity index (χ2v) is 4.66. The average molecular weight is 282 g/mol. The zero-order valence-electron chi connectivity index (χ0n) is 9.69. The van der Waals surface area contributed by atoms with Gasteiger partial charge in [0.15, 0.2) is 0 Å². The molecule has 1 aliphatic heterocycles. The van der Waals surface area contributed by atoms with E-state index < -0.39 is 10.2 Å². The summed E-state index contributed by atoms with van der Waals surface area (Å²) in [5.74, 6) is 0. The number of benzene rings is 1. The molecular formula is C9H10N6O3S. The van der Waals surface area contributed by atoms with Crippen molar-refractivity contribution >= 4 is 10.2 Å². The Morgan fingerprint density at radius 2 is 1.74 bits per heavy atom. The van der Waals surface area contributed by atoms with Crippen molar-refractivity contribution in [1.82, 2.24) is 0 Å². The zero-order valence-corrected chi connectivity index (χ0v) is 10.5. The van der Waals surface area contributed by atoms with Crippen molar-refractivity contribution in [3.05, 3.63) is 56.8 Å². The molecule has 1 aromatic rings. The van der Waals surface area contributed by atoms with Gasteiger partial charge in [-0.05, 0) is 16.6 Å². The van der Waals surface area contributed by atoms with E-state index in [2.05, 4.69) is 33.3 Å². The van der Waals surface area contributed by atoms with E-state index in [9.17, 15) is 8.42 Å². The minimum absolute atomic E-state index is 0.516. The molecule has 100 valence electrons. The molecule has 19 heavy (non-hydrogen) atoms. The van der Waals surface area contributed by atoms with Crippen LogP contribution in [0, 0.1) is 0 Å². The molecule has 1 fully saturated rings. The first-order valence-electron chi connectivity index (χ1n) is 5.10. The van der Waals surface area contributed by atoms with Gasteiger partial charge in [-0.25, -0.2) is 8.42 Å². The minimum Gasteiger partial charge on any atom is -0.373 e. The van der Waals surface area contributed by atoms with E-state index in [0.717, 1.165) is 13.0 Å². The van der Waals surface area contributed by atoms with Crippen LogP contribution < -0.4 is 0 Å². The standard InChI is InChI=1S/C9H10O.N6O2S/c1-2-4-8(5-3-1)6-9-7-10-9;1-3-5-9(7,8)6-4-2/h1-5,9H,6-7H2;. The third-order valence-electron chi connectivity index (χ3n) is 1.99. The molecule has 0 radical (unpaired) electrons. The van der Waals surface area contributed by atoms with Gasteiger partial charge in [0.1, 0.15) is 0 Å². The van der Waals surface area contributed by atoms with Crippen molar-refractivity contribution in [3.63, 3.8) is 0 Å². The van der Waals surface area contributed by atoms with Crippen LogP contribution in [0.2, 0.25) is 0 Å². The SMILES string of the molecule is [N-]=[N+]=NS(=O)(=O)N=[N+]=[N-].c1ccc(CC2CO2)cc1. The molecule has 0 amide bonds. The summed E-state index contributed by atoms with van der Waals surface area (Å²) in [5, 5.41) is 0. The Labute approximate surface area is 109 Å². The Balaban J connectivity index is 0.000000192. The van der Waals surface area contributed by atoms with Gasteiger partial charge in [0.05, 0.1) is 12.7 Å². The molecule has 10 heteroatoms. The fraction of sp³-hybridized carbons (Fsp3) is 0.333. The lowest BCUT2D eigenvalue weighted by Gasteiger charge is -1.93. The number of rotatable bonds is 4. The Morgan fingerprint density at radius 1 is 1.21 bits per heavy atom. The molecule has 0 spiro atoms. The lowest BCUT2D eigenvalue weighted by Crippen LogP contribution is -1.90. The van der Waals surface area contributed by atoms with E-state index in [0.29, 0.717) is 6.10 Å². The van der Waals surface area contributed by atoms with Crippen LogP contribution in [0.4, 0.5) is 0 Å². The highest BCUT2D eigenvalue weighted by Crippen LogP contribution is 2.15. The number of hydrogen-bond donors (Lipinski definition) is 0. The van der Waals surface area contributed by atoms with Gasteiger partial charge in [-0.1, -0.05) is 30.3 Å². The quantitative estimate of drug-likeness (QED) is 0.362. The third kappa shape index (κ3) is 6.92. The summed E-state index contributed by atoms with van der Waals surface area (Å²) >= 11 is 0. The Kier molecular flexibility index (Phi) is 5.65. The summed E-state index contributed by atoms with van der Waals surface area (Å²) in [6, 6.07) is 10.5. The normalized spacial score (nSPS) is 16.1. The predicted octanol–water partition coefficient (Wildman–Crippen LogP) is 2.48. The molecule has 0 N–H and O–H groups in total. The van der Waals surface area contributed by atoms with E-state index in [1.807, 2.05) is 15.9 Å². The van der Waals surface area contributed by atoms with Crippen molar-refractivity contribution < 1.29 is 13.2 Å². The van der Waals surface area contributed by atoms with Gasteiger partial charge < -0.3 is 4.74 Å². The molecule has 1 unspecified atom stereocenters. The molecule has 0 bridgehead atoms. The van der Waals surface area contributed by atoms with Crippen molar-refractivity contribution in [3.8, 4) is 0 Å². The average Bonchev–Trinajstić information content (AvgIpc) is 3.15. The smallest absolute Gasteiger partial charge is 0.321 e. The first kappa shape index (κ1) is 14.8. The zero-order chi connectivity index (χ0) is 14.1. The summed E-state index contributed by atoms with van der Waals surface area (Å²) in [7, 11) is -4.27. The van der Waals surface area contributed by atoms with E-state index in [1.54, 1.807) is 0 Å². The van der Waals surface area contributed by atoms with Crippen LogP contribution >= 0.6 is 0 Å². The molecule has 1 aromatic carbocycles. The summed E-state index contributed by atoms with van der Waals surface area (Å²) in [5.41, 5.74) is 16.4. The van der Waals surface area contributed by atoms with Crippen molar-refractivity contribution in [1.29, 1.82) is 0 Å². The maximum absolute atomic E-state index is 9.99. The summed E-state index contributed by atoms with van der Waals surface area (Å²) in [6.07, 6.45) is 1.60. The Morgan fingerprint density at radius 3 is 2.16 bits per heavy atom. The molecule has 0 aliphatic carbocycles. The largest absolute Gasteiger partial charge is 0.373 e. The minimum atomic E-state index is -4.27.